The quantitative estimate of drug-likeness (QED) is 0.467. The summed E-state index contributed by atoms with van der Waals surface area (Å²) in [6, 6.07) is 9.21. The molecule has 0 spiro atoms. The second-order valence-corrected chi connectivity index (χ2v) is 6.74. The minimum absolute atomic E-state index is 0.271. The van der Waals surface area contributed by atoms with E-state index in [9.17, 15) is 21.6 Å². The van der Waals surface area contributed by atoms with Gasteiger partial charge in [-0.15, -0.1) is 0 Å². The Bertz CT molecular complexity index is 680. The van der Waals surface area contributed by atoms with Crippen LogP contribution >= 0.6 is 0 Å². The average molecular weight is 350 g/mol. The van der Waals surface area contributed by atoms with Crippen LogP contribution in [0.2, 0.25) is 0 Å². The van der Waals surface area contributed by atoms with E-state index in [0.717, 1.165) is 5.56 Å². The van der Waals surface area contributed by atoms with Gasteiger partial charge in [-0.3, -0.25) is 0 Å². The third-order valence-corrected chi connectivity index (χ3v) is 4.67. The van der Waals surface area contributed by atoms with E-state index in [-0.39, 0.29) is 11.9 Å². The lowest BCUT2D eigenvalue weighted by Gasteiger charge is -2.14. The molecule has 1 saturated heterocycles. The molecular weight excluding hydrogens is 333 g/mol. The number of halogens is 3. The zero-order valence-electron chi connectivity index (χ0n) is 12.6. The van der Waals surface area contributed by atoms with Crippen molar-refractivity contribution in [2.45, 2.75) is 44.4 Å². The Morgan fingerprint density at radius 2 is 1.91 bits per heavy atom. The first-order valence-electron chi connectivity index (χ1n) is 7.06. The zero-order chi connectivity index (χ0) is 17.3. The third-order valence-electron chi connectivity index (χ3n) is 3.64. The molecule has 1 aliphatic heterocycles. The molecular formula is C15H17F3O4S. The monoisotopic (exact) mass is 350 g/mol. The van der Waals surface area contributed by atoms with Crippen molar-refractivity contribution in [1.29, 1.82) is 0 Å². The first-order valence-corrected chi connectivity index (χ1v) is 8.47. The van der Waals surface area contributed by atoms with Gasteiger partial charge in [-0.1, -0.05) is 37.3 Å². The van der Waals surface area contributed by atoms with Gasteiger partial charge in [0.05, 0.1) is 12.2 Å². The summed E-state index contributed by atoms with van der Waals surface area (Å²) in [5, 5.41) is 0. The first kappa shape index (κ1) is 17.8. The van der Waals surface area contributed by atoms with Gasteiger partial charge in [0.1, 0.15) is 5.76 Å². The van der Waals surface area contributed by atoms with Crippen molar-refractivity contribution in [1.82, 2.24) is 0 Å². The SMILES string of the molecule is CC[C@H]1O[C@@H](c2ccccc2)CC1=C(C)OS(=O)(=O)C(F)(F)F. The Labute approximate surface area is 133 Å². The van der Waals surface area contributed by atoms with E-state index in [1.165, 1.54) is 6.92 Å². The smallest absolute Gasteiger partial charge is 0.381 e. The highest BCUT2D eigenvalue weighted by atomic mass is 32.2. The van der Waals surface area contributed by atoms with E-state index < -0.39 is 21.7 Å². The van der Waals surface area contributed by atoms with Crippen LogP contribution in [0.3, 0.4) is 0 Å². The maximum absolute atomic E-state index is 12.4. The minimum Gasteiger partial charge on any atom is -0.381 e. The standard InChI is InChI=1S/C15H17F3O4S/c1-3-13-12(10(2)22-23(19,20)15(16,17)18)9-14(21-13)11-7-5-4-6-8-11/h4-8,13-14H,3,9H2,1-2H3/t13-,14-/m1/s1. The molecule has 0 amide bonds. The maximum atomic E-state index is 12.4. The van der Waals surface area contributed by atoms with Gasteiger partial charge in [-0.25, -0.2) is 0 Å². The lowest BCUT2D eigenvalue weighted by Crippen LogP contribution is -2.25. The van der Waals surface area contributed by atoms with E-state index in [1.54, 1.807) is 0 Å². The van der Waals surface area contributed by atoms with E-state index in [0.29, 0.717) is 18.4 Å². The molecule has 8 heteroatoms. The van der Waals surface area contributed by atoms with Gasteiger partial charge in [-0.2, -0.15) is 21.6 Å². The second kappa shape index (κ2) is 6.52. The summed E-state index contributed by atoms with van der Waals surface area (Å²) in [6.45, 7) is 3.03. The fourth-order valence-corrected chi connectivity index (χ4v) is 3.03. The van der Waals surface area contributed by atoms with Crippen LogP contribution in [0.1, 0.15) is 38.4 Å². The lowest BCUT2D eigenvalue weighted by atomic mass is 10.0. The van der Waals surface area contributed by atoms with Gasteiger partial charge in [-0.05, 0) is 18.9 Å². The number of rotatable bonds is 4. The summed E-state index contributed by atoms with van der Waals surface area (Å²) >= 11 is 0. The van der Waals surface area contributed by atoms with Crippen molar-refractivity contribution in [3.8, 4) is 0 Å². The molecule has 2 rings (SSSR count). The lowest BCUT2D eigenvalue weighted by molar-refractivity contribution is -0.0522. The average Bonchev–Trinajstić information content (AvgIpc) is 2.91. The van der Waals surface area contributed by atoms with E-state index >= 15 is 0 Å². The molecule has 0 saturated carbocycles. The van der Waals surface area contributed by atoms with E-state index in [1.807, 2.05) is 37.3 Å². The van der Waals surface area contributed by atoms with Crippen LogP contribution in [0.5, 0.6) is 0 Å². The molecule has 4 nitrogen and oxygen atoms in total. The molecule has 1 aliphatic rings. The molecule has 1 aromatic rings. The molecule has 1 aromatic carbocycles. The van der Waals surface area contributed by atoms with E-state index in [4.69, 9.17) is 4.74 Å². The summed E-state index contributed by atoms with van der Waals surface area (Å²) in [6.07, 6.45) is -0.000366. The first-order chi connectivity index (χ1) is 10.7. The number of ether oxygens (including phenoxy) is 1. The minimum atomic E-state index is -5.66. The normalized spacial score (nSPS) is 24.6. The Hall–Kier alpha value is -1.54. The summed E-state index contributed by atoms with van der Waals surface area (Å²) in [4.78, 5) is 0. The molecule has 128 valence electrons. The molecule has 0 radical (unpaired) electrons. The zero-order valence-corrected chi connectivity index (χ0v) is 13.4. The number of benzene rings is 1. The molecule has 2 atom stereocenters. The van der Waals surface area contributed by atoms with Gasteiger partial charge in [0, 0.05) is 12.0 Å². The fourth-order valence-electron chi connectivity index (χ4n) is 2.50. The second-order valence-electron chi connectivity index (χ2n) is 5.20. The van der Waals surface area contributed by atoms with Crippen molar-refractivity contribution in [3.63, 3.8) is 0 Å². The van der Waals surface area contributed by atoms with Crippen LogP contribution in [0.25, 0.3) is 0 Å². The van der Waals surface area contributed by atoms with Crippen LogP contribution < -0.4 is 0 Å². The van der Waals surface area contributed by atoms with Crippen LogP contribution in [0, 0.1) is 0 Å². The Morgan fingerprint density at radius 3 is 2.43 bits per heavy atom. The summed E-state index contributed by atoms with van der Waals surface area (Å²) in [5.74, 6) is -0.271. The topological polar surface area (TPSA) is 52.6 Å². The predicted molar refractivity (Wildman–Crippen MR) is 77.7 cm³/mol. The number of alkyl halides is 3. The highest BCUT2D eigenvalue weighted by molar-refractivity contribution is 7.87. The summed E-state index contributed by atoms with van der Waals surface area (Å²) < 4.78 is 69.7. The van der Waals surface area contributed by atoms with Gasteiger partial charge in [0.2, 0.25) is 0 Å². The van der Waals surface area contributed by atoms with Crippen LogP contribution in [-0.2, 0) is 19.0 Å². The molecule has 0 unspecified atom stereocenters. The van der Waals surface area contributed by atoms with Gasteiger partial charge in [0.15, 0.2) is 0 Å². The van der Waals surface area contributed by atoms with Crippen molar-refractivity contribution in [3.05, 3.63) is 47.2 Å². The third kappa shape index (κ3) is 3.87. The van der Waals surface area contributed by atoms with Crippen molar-refractivity contribution >= 4 is 10.1 Å². The van der Waals surface area contributed by atoms with Crippen molar-refractivity contribution < 1.29 is 30.5 Å². The van der Waals surface area contributed by atoms with Crippen LogP contribution in [-0.4, -0.2) is 20.0 Å². The Morgan fingerprint density at radius 1 is 1.30 bits per heavy atom. The van der Waals surface area contributed by atoms with Crippen molar-refractivity contribution in [2.75, 3.05) is 0 Å². The summed E-state index contributed by atoms with van der Waals surface area (Å²) in [5.41, 5.74) is -4.13. The molecule has 1 heterocycles. The fraction of sp³-hybridized carbons (Fsp3) is 0.467. The molecule has 0 aromatic heterocycles. The predicted octanol–water partition coefficient (Wildman–Crippen LogP) is 4.07. The number of allylic oxidation sites excluding steroid dienone is 1. The molecule has 0 N–H and O–H groups in total. The Balaban J connectivity index is 2.27. The van der Waals surface area contributed by atoms with Crippen molar-refractivity contribution in [2.24, 2.45) is 0 Å². The molecule has 0 bridgehead atoms. The Kier molecular flexibility index (Phi) is 5.05. The maximum Gasteiger partial charge on any atom is 0.534 e. The van der Waals surface area contributed by atoms with Gasteiger partial charge < -0.3 is 8.92 Å². The van der Waals surface area contributed by atoms with Crippen LogP contribution in [0.4, 0.5) is 13.2 Å². The highest BCUT2D eigenvalue weighted by Gasteiger charge is 2.49. The highest BCUT2D eigenvalue weighted by Crippen LogP contribution is 2.40. The number of hydrogen-bond donors (Lipinski definition) is 0. The number of hydrogen-bond acceptors (Lipinski definition) is 4. The van der Waals surface area contributed by atoms with Gasteiger partial charge >= 0.3 is 15.6 Å². The molecule has 23 heavy (non-hydrogen) atoms. The van der Waals surface area contributed by atoms with E-state index in [2.05, 4.69) is 4.18 Å². The van der Waals surface area contributed by atoms with Crippen LogP contribution in [0.15, 0.2) is 41.7 Å². The summed E-state index contributed by atoms with van der Waals surface area (Å²) in [7, 11) is -5.66. The van der Waals surface area contributed by atoms with Gasteiger partial charge in [0.25, 0.3) is 0 Å². The molecule has 0 aliphatic carbocycles. The largest absolute Gasteiger partial charge is 0.534 e. The molecule has 1 fully saturated rings.